The molecule has 0 aliphatic rings. The third-order valence-corrected chi connectivity index (χ3v) is 2.93. The second-order valence-corrected chi connectivity index (χ2v) is 5.37. The number of thioether (sulfide) groups is 1. The third kappa shape index (κ3) is 10.8. The second kappa shape index (κ2) is 12.9. The molecule has 7 nitrogen and oxygen atoms in total. The highest BCUT2D eigenvalue weighted by molar-refractivity contribution is 8.12. The van der Waals surface area contributed by atoms with Gasteiger partial charge in [0.1, 0.15) is 18.1 Å². The van der Waals surface area contributed by atoms with E-state index in [-0.39, 0.29) is 17.8 Å². The molecule has 0 aliphatic carbocycles. The van der Waals surface area contributed by atoms with E-state index in [2.05, 4.69) is 11.9 Å². The molecular formula is C17H23NO6S. The Labute approximate surface area is 151 Å². The highest BCUT2D eigenvalue weighted by Crippen LogP contribution is 2.26. The number of hydrogen-bond donors (Lipinski definition) is 2. The molecule has 2 N–H and O–H groups in total. The SMILES string of the molecule is C=C(OCCC)c1ccccc1OC(=O)SC.CC(=O)NCC(=O)O. The highest BCUT2D eigenvalue weighted by Gasteiger charge is 2.10. The maximum absolute atomic E-state index is 11.2. The van der Waals surface area contributed by atoms with E-state index in [9.17, 15) is 14.4 Å². The number of carboxylic acid groups (broad SMARTS) is 1. The first kappa shape index (κ1) is 22.5. The smallest absolute Gasteiger partial charge is 0.372 e. The molecule has 0 aliphatic heterocycles. The lowest BCUT2D eigenvalue weighted by molar-refractivity contribution is -0.137. The van der Waals surface area contributed by atoms with Crippen molar-refractivity contribution >= 4 is 34.7 Å². The second-order valence-electron chi connectivity index (χ2n) is 4.63. The van der Waals surface area contributed by atoms with E-state index in [0.29, 0.717) is 23.7 Å². The molecule has 0 saturated carbocycles. The minimum absolute atomic E-state index is 0.296. The highest BCUT2D eigenvalue weighted by atomic mass is 32.2. The Kier molecular flexibility index (Phi) is 11.6. The normalized spacial score (nSPS) is 9.24. The van der Waals surface area contributed by atoms with Gasteiger partial charge in [0, 0.05) is 6.92 Å². The molecule has 1 aromatic carbocycles. The van der Waals surface area contributed by atoms with Gasteiger partial charge in [0.25, 0.3) is 0 Å². The fraction of sp³-hybridized carbons (Fsp3) is 0.353. The van der Waals surface area contributed by atoms with Crippen LogP contribution in [-0.4, -0.2) is 41.7 Å². The first-order chi connectivity index (χ1) is 11.8. The number of ether oxygens (including phenoxy) is 2. The molecule has 8 heteroatoms. The summed E-state index contributed by atoms with van der Waals surface area (Å²) in [6.45, 7) is 7.43. The van der Waals surface area contributed by atoms with E-state index < -0.39 is 5.97 Å². The van der Waals surface area contributed by atoms with E-state index in [1.165, 1.54) is 6.92 Å². The van der Waals surface area contributed by atoms with Gasteiger partial charge in [-0.1, -0.05) is 25.6 Å². The Morgan fingerprint density at radius 2 is 1.92 bits per heavy atom. The number of carbonyl (C=O) groups is 3. The number of aliphatic carboxylic acids is 1. The van der Waals surface area contributed by atoms with Crippen LogP contribution in [0.3, 0.4) is 0 Å². The summed E-state index contributed by atoms with van der Waals surface area (Å²) in [5, 5.41) is 9.71. The molecule has 0 aromatic heterocycles. The lowest BCUT2D eigenvalue weighted by Crippen LogP contribution is -2.26. The van der Waals surface area contributed by atoms with Crippen molar-refractivity contribution in [3.63, 3.8) is 0 Å². The average molecular weight is 369 g/mol. The molecule has 138 valence electrons. The van der Waals surface area contributed by atoms with Gasteiger partial charge in [0.15, 0.2) is 0 Å². The molecule has 0 radical (unpaired) electrons. The molecule has 1 amide bonds. The number of para-hydroxylation sites is 1. The van der Waals surface area contributed by atoms with Crippen molar-refractivity contribution < 1.29 is 29.0 Å². The van der Waals surface area contributed by atoms with Gasteiger partial charge < -0.3 is 19.9 Å². The van der Waals surface area contributed by atoms with Crippen LogP contribution in [0, 0.1) is 0 Å². The molecular weight excluding hydrogens is 346 g/mol. The van der Waals surface area contributed by atoms with E-state index in [1.54, 1.807) is 18.4 Å². The quantitative estimate of drug-likeness (QED) is 0.562. The molecule has 1 aromatic rings. The minimum atomic E-state index is -1.03. The van der Waals surface area contributed by atoms with Crippen LogP contribution in [0.25, 0.3) is 5.76 Å². The lowest BCUT2D eigenvalue weighted by Gasteiger charge is -2.12. The summed E-state index contributed by atoms with van der Waals surface area (Å²) in [5.41, 5.74) is 0.711. The monoisotopic (exact) mass is 369 g/mol. The largest absolute Gasteiger partial charge is 0.493 e. The van der Waals surface area contributed by atoms with Crippen LogP contribution in [-0.2, 0) is 14.3 Å². The average Bonchev–Trinajstić information content (AvgIpc) is 2.58. The maximum Gasteiger partial charge on any atom is 0.372 e. The standard InChI is InChI=1S/C13H16O3S.C4H7NO3/c1-4-9-15-10(2)11-7-5-6-8-12(11)16-13(14)17-3;1-3(6)5-2-4(7)8/h5-8H,2,4,9H2,1,3H3;2H2,1H3,(H,5,6)(H,7,8). The number of rotatable bonds is 7. The summed E-state index contributed by atoms with van der Waals surface area (Å²) in [4.78, 5) is 30.9. The Bertz CT molecular complexity index is 589. The van der Waals surface area contributed by atoms with Gasteiger partial charge in [-0.05, 0) is 36.6 Å². The van der Waals surface area contributed by atoms with Gasteiger partial charge in [0.2, 0.25) is 5.91 Å². The predicted octanol–water partition coefficient (Wildman–Crippen LogP) is 3.15. The van der Waals surface area contributed by atoms with E-state index >= 15 is 0 Å². The molecule has 0 bridgehead atoms. The van der Waals surface area contributed by atoms with Crippen LogP contribution < -0.4 is 10.1 Å². The van der Waals surface area contributed by atoms with Gasteiger partial charge in [-0.3, -0.25) is 9.59 Å². The maximum atomic E-state index is 11.2. The van der Waals surface area contributed by atoms with Gasteiger partial charge in [-0.25, -0.2) is 4.79 Å². The lowest BCUT2D eigenvalue weighted by atomic mass is 10.2. The zero-order chi connectivity index (χ0) is 19.2. The summed E-state index contributed by atoms with van der Waals surface area (Å²) < 4.78 is 10.6. The number of carbonyl (C=O) groups excluding carboxylic acids is 2. The van der Waals surface area contributed by atoms with Crippen LogP contribution in [0.2, 0.25) is 0 Å². The number of amides is 1. The van der Waals surface area contributed by atoms with Crippen LogP contribution in [0.4, 0.5) is 4.79 Å². The number of carboxylic acids is 1. The Morgan fingerprint density at radius 3 is 2.40 bits per heavy atom. The van der Waals surface area contributed by atoms with E-state index in [1.807, 2.05) is 19.1 Å². The zero-order valence-corrected chi connectivity index (χ0v) is 15.4. The van der Waals surface area contributed by atoms with Crippen molar-refractivity contribution in [2.24, 2.45) is 0 Å². The molecule has 0 fully saturated rings. The van der Waals surface area contributed by atoms with Crippen molar-refractivity contribution in [1.82, 2.24) is 5.32 Å². The number of hydrogen-bond acceptors (Lipinski definition) is 6. The summed E-state index contributed by atoms with van der Waals surface area (Å²) in [6, 6.07) is 7.21. The van der Waals surface area contributed by atoms with Gasteiger partial charge in [0.05, 0.1) is 12.2 Å². The van der Waals surface area contributed by atoms with Crippen LogP contribution in [0.1, 0.15) is 25.8 Å². The first-order valence-corrected chi connectivity index (χ1v) is 8.67. The van der Waals surface area contributed by atoms with Crippen molar-refractivity contribution in [2.75, 3.05) is 19.4 Å². The van der Waals surface area contributed by atoms with E-state index in [0.717, 1.165) is 18.2 Å². The Morgan fingerprint density at radius 1 is 1.28 bits per heavy atom. The summed E-state index contributed by atoms with van der Waals surface area (Å²) >= 11 is 1.03. The van der Waals surface area contributed by atoms with Gasteiger partial charge in [-0.2, -0.15) is 0 Å². The predicted molar refractivity (Wildman–Crippen MR) is 97.6 cm³/mol. The van der Waals surface area contributed by atoms with E-state index in [4.69, 9.17) is 14.6 Å². The topological polar surface area (TPSA) is 102 Å². The fourth-order valence-corrected chi connectivity index (χ4v) is 1.59. The Hall–Kier alpha value is -2.48. The minimum Gasteiger partial charge on any atom is -0.493 e. The molecule has 0 saturated heterocycles. The molecule has 25 heavy (non-hydrogen) atoms. The third-order valence-electron chi connectivity index (χ3n) is 2.52. The van der Waals surface area contributed by atoms with Crippen LogP contribution >= 0.6 is 11.8 Å². The van der Waals surface area contributed by atoms with Crippen LogP contribution in [0.15, 0.2) is 30.8 Å². The van der Waals surface area contributed by atoms with Crippen molar-refractivity contribution in [3.8, 4) is 5.75 Å². The fourth-order valence-electron chi connectivity index (χ4n) is 1.42. The van der Waals surface area contributed by atoms with Gasteiger partial charge >= 0.3 is 11.3 Å². The Balaban J connectivity index is 0.000000609. The molecule has 0 unspecified atom stereocenters. The molecule has 0 atom stereocenters. The zero-order valence-electron chi connectivity index (χ0n) is 14.5. The van der Waals surface area contributed by atoms with Crippen LogP contribution in [0.5, 0.6) is 5.75 Å². The van der Waals surface area contributed by atoms with Crippen molar-refractivity contribution in [3.05, 3.63) is 36.4 Å². The van der Waals surface area contributed by atoms with Crippen molar-refractivity contribution in [2.45, 2.75) is 20.3 Å². The number of nitrogens with one attached hydrogen (secondary N) is 1. The number of benzene rings is 1. The summed E-state index contributed by atoms with van der Waals surface area (Å²) in [6.07, 6.45) is 2.58. The first-order valence-electron chi connectivity index (χ1n) is 7.44. The van der Waals surface area contributed by atoms with Crippen molar-refractivity contribution in [1.29, 1.82) is 0 Å². The summed E-state index contributed by atoms with van der Waals surface area (Å²) in [7, 11) is 0. The summed E-state index contributed by atoms with van der Waals surface area (Å²) in [5.74, 6) is -0.350. The molecule has 0 spiro atoms. The molecule has 0 heterocycles. The molecule has 1 rings (SSSR count). The van der Waals surface area contributed by atoms with Gasteiger partial charge in [-0.15, -0.1) is 0 Å².